The maximum absolute atomic E-state index is 11.1. The summed E-state index contributed by atoms with van der Waals surface area (Å²) in [6.45, 7) is -0.0680. The molecule has 1 aromatic carbocycles. The zero-order valence-corrected chi connectivity index (χ0v) is 13.0. The van der Waals surface area contributed by atoms with Gasteiger partial charge in [0.05, 0.1) is 25.7 Å². The van der Waals surface area contributed by atoms with Crippen LogP contribution in [0, 0.1) is 0 Å². The van der Waals surface area contributed by atoms with Crippen LogP contribution in [0.1, 0.15) is 17.9 Å². The number of benzene rings is 1. The molecular formula is C12H18O6S2. The summed E-state index contributed by atoms with van der Waals surface area (Å²) in [7, 11) is -7.04. The van der Waals surface area contributed by atoms with Gasteiger partial charge in [0.1, 0.15) is 0 Å². The molecule has 0 aromatic heterocycles. The Kier molecular flexibility index (Phi) is 6.12. The summed E-state index contributed by atoms with van der Waals surface area (Å²) in [6, 6.07) is 9.14. The molecule has 0 bridgehead atoms. The van der Waals surface area contributed by atoms with Gasteiger partial charge in [-0.15, -0.1) is 0 Å². The van der Waals surface area contributed by atoms with Crippen molar-refractivity contribution in [3.8, 4) is 0 Å². The van der Waals surface area contributed by atoms with Gasteiger partial charge < -0.3 is 0 Å². The van der Waals surface area contributed by atoms with E-state index in [1.165, 1.54) is 0 Å². The fourth-order valence-electron chi connectivity index (χ4n) is 1.62. The third-order valence-electron chi connectivity index (χ3n) is 2.52. The van der Waals surface area contributed by atoms with Gasteiger partial charge >= 0.3 is 0 Å². The molecule has 0 aliphatic heterocycles. The molecule has 1 aromatic rings. The quantitative estimate of drug-likeness (QED) is 0.666. The van der Waals surface area contributed by atoms with Crippen LogP contribution in [0.5, 0.6) is 0 Å². The highest BCUT2D eigenvalue weighted by molar-refractivity contribution is 7.86. The Morgan fingerprint density at radius 2 is 1.50 bits per heavy atom. The Morgan fingerprint density at radius 3 is 2.00 bits per heavy atom. The first-order valence-corrected chi connectivity index (χ1v) is 9.54. The lowest BCUT2D eigenvalue weighted by Crippen LogP contribution is -2.15. The second-order valence-corrected chi connectivity index (χ2v) is 7.70. The number of rotatable bonds is 8. The standard InChI is InChI=1S/C12H18O6S2/c1-19(13,14)17-9-8-12(10-18-20(2,15)16)11-6-4-3-5-7-11/h3-7,12H,8-10H2,1-2H3/t12-/m1/s1. The van der Waals surface area contributed by atoms with E-state index in [1.807, 2.05) is 30.3 Å². The summed E-state index contributed by atoms with van der Waals surface area (Å²) < 4.78 is 53.4. The van der Waals surface area contributed by atoms with E-state index in [9.17, 15) is 16.8 Å². The Balaban J connectivity index is 2.70. The lowest BCUT2D eigenvalue weighted by molar-refractivity contribution is 0.251. The molecule has 0 heterocycles. The van der Waals surface area contributed by atoms with Gasteiger partial charge in [-0.1, -0.05) is 30.3 Å². The molecule has 0 saturated carbocycles. The van der Waals surface area contributed by atoms with Crippen LogP contribution in [-0.4, -0.2) is 42.6 Å². The minimum absolute atomic E-state index is 0.0223. The van der Waals surface area contributed by atoms with Crippen LogP contribution in [0.4, 0.5) is 0 Å². The smallest absolute Gasteiger partial charge is 0.264 e. The van der Waals surface area contributed by atoms with Crippen molar-refractivity contribution in [3.05, 3.63) is 35.9 Å². The van der Waals surface area contributed by atoms with E-state index in [4.69, 9.17) is 4.18 Å². The average molecular weight is 322 g/mol. The Bertz CT molecular complexity index is 607. The van der Waals surface area contributed by atoms with Crippen molar-refractivity contribution in [1.82, 2.24) is 0 Å². The molecular weight excluding hydrogens is 304 g/mol. The topological polar surface area (TPSA) is 86.7 Å². The van der Waals surface area contributed by atoms with E-state index in [0.29, 0.717) is 6.42 Å². The first kappa shape index (κ1) is 17.1. The predicted molar refractivity (Wildman–Crippen MR) is 75.4 cm³/mol. The second kappa shape index (κ2) is 7.16. The van der Waals surface area contributed by atoms with Crippen LogP contribution in [0.15, 0.2) is 30.3 Å². The van der Waals surface area contributed by atoms with Crippen molar-refractivity contribution in [1.29, 1.82) is 0 Å². The summed E-state index contributed by atoms with van der Waals surface area (Å²) in [5, 5.41) is 0. The van der Waals surface area contributed by atoms with Gasteiger partial charge in [-0.3, -0.25) is 8.37 Å². The molecule has 0 spiro atoms. The summed E-state index contributed by atoms with van der Waals surface area (Å²) in [6.07, 6.45) is 2.28. The monoisotopic (exact) mass is 322 g/mol. The minimum Gasteiger partial charge on any atom is -0.270 e. The fraction of sp³-hybridized carbons (Fsp3) is 0.500. The molecule has 0 amide bonds. The summed E-state index contributed by atoms with van der Waals surface area (Å²) in [4.78, 5) is 0. The van der Waals surface area contributed by atoms with Crippen LogP contribution >= 0.6 is 0 Å². The van der Waals surface area contributed by atoms with Gasteiger partial charge in [0.25, 0.3) is 20.2 Å². The van der Waals surface area contributed by atoms with Crippen molar-refractivity contribution in [2.75, 3.05) is 25.7 Å². The van der Waals surface area contributed by atoms with E-state index in [2.05, 4.69) is 4.18 Å². The normalized spacial score (nSPS) is 14.1. The molecule has 8 heteroatoms. The van der Waals surface area contributed by atoms with Crippen LogP contribution in [-0.2, 0) is 28.6 Å². The molecule has 6 nitrogen and oxygen atoms in total. The summed E-state index contributed by atoms with van der Waals surface area (Å²) >= 11 is 0. The molecule has 0 unspecified atom stereocenters. The maximum Gasteiger partial charge on any atom is 0.264 e. The van der Waals surface area contributed by atoms with Gasteiger partial charge in [-0.25, -0.2) is 0 Å². The van der Waals surface area contributed by atoms with Crippen LogP contribution in [0.25, 0.3) is 0 Å². The van der Waals surface area contributed by atoms with Gasteiger partial charge in [0.2, 0.25) is 0 Å². The maximum atomic E-state index is 11.1. The molecule has 0 aliphatic rings. The van der Waals surface area contributed by atoms with E-state index < -0.39 is 20.2 Å². The molecule has 0 N–H and O–H groups in total. The van der Waals surface area contributed by atoms with E-state index >= 15 is 0 Å². The van der Waals surface area contributed by atoms with Gasteiger partial charge in [0.15, 0.2) is 0 Å². The van der Waals surface area contributed by atoms with Crippen molar-refractivity contribution >= 4 is 20.2 Å². The highest BCUT2D eigenvalue weighted by Crippen LogP contribution is 2.21. The second-order valence-electron chi connectivity index (χ2n) is 4.41. The van der Waals surface area contributed by atoms with E-state index in [0.717, 1.165) is 18.1 Å². The Hall–Kier alpha value is -0.960. The number of hydrogen-bond acceptors (Lipinski definition) is 6. The van der Waals surface area contributed by atoms with Crippen LogP contribution in [0.2, 0.25) is 0 Å². The van der Waals surface area contributed by atoms with E-state index in [-0.39, 0.29) is 19.1 Å². The molecule has 0 radical (unpaired) electrons. The lowest BCUT2D eigenvalue weighted by Gasteiger charge is -2.16. The molecule has 0 aliphatic carbocycles. The van der Waals surface area contributed by atoms with Crippen molar-refractivity contribution in [3.63, 3.8) is 0 Å². The first-order valence-electron chi connectivity index (χ1n) is 5.91. The van der Waals surface area contributed by atoms with Crippen LogP contribution < -0.4 is 0 Å². The molecule has 1 rings (SSSR count). The highest BCUT2D eigenvalue weighted by Gasteiger charge is 2.16. The van der Waals surface area contributed by atoms with Gasteiger partial charge in [-0.2, -0.15) is 16.8 Å². The predicted octanol–water partition coefficient (Wildman–Crippen LogP) is 1.11. The SMILES string of the molecule is CS(=O)(=O)OCC[C@H](COS(C)(=O)=O)c1ccccc1. The van der Waals surface area contributed by atoms with Crippen molar-refractivity contribution in [2.45, 2.75) is 12.3 Å². The number of hydrogen-bond donors (Lipinski definition) is 0. The fourth-order valence-corrected chi connectivity index (χ4v) is 2.43. The summed E-state index contributed by atoms with van der Waals surface area (Å²) in [5.41, 5.74) is 0.869. The zero-order chi connectivity index (χ0) is 15.2. The average Bonchev–Trinajstić information content (AvgIpc) is 2.32. The minimum atomic E-state index is -3.54. The Morgan fingerprint density at radius 1 is 0.950 bits per heavy atom. The highest BCUT2D eigenvalue weighted by atomic mass is 32.2. The lowest BCUT2D eigenvalue weighted by atomic mass is 9.97. The van der Waals surface area contributed by atoms with E-state index in [1.54, 1.807) is 0 Å². The Labute approximate surface area is 120 Å². The molecule has 0 fully saturated rings. The van der Waals surface area contributed by atoms with Crippen molar-refractivity contribution in [2.24, 2.45) is 0 Å². The van der Waals surface area contributed by atoms with Gasteiger partial charge in [0, 0.05) is 5.92 Å². The molecule has 0 saturated heterocycles. The molecule has 114 valence electrons. The molecule has 1 atom stereocenters. The third kappa shape index (κ3) is 7.59. The van der Waals surface area contributed by atoms with Crippen molar-refractivity contribution < 1.29 is 25.2 Å². The largest absolute Gasteiger partial charge is 0.270 e. The first-order chi connectivity index (χ1) is 9.17. The summed E-state index contributed by atoms with van der Waals surface area (Å²) in [5.74, 6) is -0.257. The van der Waals surface area contributed by atoms with Gasteiger partial charge in [-0.05, 0) is 12.0 Å². The third-order valence-corrected chi connectivity index (χ3v) is 3.68. The molecule has 20 heavy (non-hydrogen) atoms. The van der Waals surface area contributed by atoms with Crippen LogP contribution in [0.3, 0.4) is 0 Å². The zero-order valence-electron chi connectivity index (χ0n) is 11.4.